The highest BCUT2D eigenvalue weighted by Crippen LogP contribution is 2.29. The van der Waals surface area contributed by atoms with Crippen LogP contribution in [0.15, 0.2) is 12.1 Å². The summed E-state index contributed by atoms with van der Waals surface area (Å²) in [6, 6.07) is 3.58. The normalized spacial score (nSPS) is 19.5. The third-order valence-corrected chi connectivity index (χ3v) is 4.99. The van der Waals surface area contributed by atoms with Crippen molar-refractivity contribution in [3.8, 4) is 0 Å². The maximum atomic E-state index is 10.8. The van der Waals surface area contributed by atoms with Crippen molar-refractivity contribution in [2.24, 2.45) is 5.41 Å². The van der Waals surface area contributed by atoms with Gasteiger partial charge in [-0.05, 0) is 50.5 Å². The van der Waals surface area contributed by atoms with E-state index in [-0.39, 0.29) is 0 Å². The molecular weight excluding hydrogens is 260 g/mol. The number of thiophene rings is 1. The van der Waals surface area contributed by atoms with E-state index in [1.54, 1.807) is 6.07 Å². The first kappa shape index (κ1) is 14.5. The van der Waals surface area contributed by atoms with Gasteiger partial charge in [0.25, 0.3) is 0 Å². The van der Waals surface area contributed by atoms with E-state index in [0.717, 1.165) is 18.0 Å². The summed E-state index contributed by atoms with van der Waals surface area (Å²) in [7, 11) is 2.17. The molecule has 1 aliphatic heterocycles. The van der Waals surface area contributed by atoms with Crippen LogP contribution in [0.1, 0.15) is 34.3 Å². The van der Waals surface area contributed by atoms with Gasteiger partial charge in [0.05, 0.1) is 0 Å². The Balaban J connectivity index is 1.78. The van der Waals surface area contributed by atoms with E-state index < -0.39 is 5.97 Å². The zero-order valence-corrected chi connectivity index (χ0v) is 12.4. The van der Waals surface area contributed by atoms with Gasteiger partial charge in [0, 0.05) is 18.0 Å². The largest absolute Gasteiger partial charge is 0.477 e. The molecule has 0 unspecified atom stereocenters. The lowest BCUT2D eigenvalue weighted by Gasteiger charge is -2.38. The second kappa shape index (κ2) is 6.03. The molecule has 0 bridgehead atoms. The van der Waals surface area contributed by atoms with Crippen molar-refractivity contribution in [2.45, 2.75) is 26.3 Å². The Morgan fingerprint density at radius 3 is 2.74 bits per heavy atom. The zero-order valence-electron chi connectivity index (χ0n) is 11.6. The topological polar surface area (TPSA) is 52.6 Å². The summed E-state index contributed by atoms with van der Waals surface area (Å²) in [4.78, 5) is 14.7. The fourth-order valence-corrected chi connectivity index (χ4v) is 3.23. The molecule has 0 radical (unpaired) electrons. The molecule has 1 aromatic heterocycles. The maximum Gasteiger partial charge on any atom is 0.345 e. The van der Waals surface area contributed by atoms with Crippen LogP contribution in [0.4, 0.5) is 0 Å². The fourth-order valence-electron chi connectivity index (χ4n) is 2.41. The molecule has 4 nitrogen and oxygen atoms in total. The Kier molecular flexibility index (Phi) is 4.60. The van der Waals surface area contributed by atoms with E-state index in [2.05, 4.69) is 24.2 Å². The van der Waals surface area contributed by atoms with E-state index in [0.29, 0.717) is 10.3 Å². The van der Waals surface area contributed by atoms with Crippen LogP contribution in [0.25, 0.3) is 0 Å². The number of rotatable bonds is 5. The lowest BCUT2D eigenvalue weighted by Crippen LogP contribution is -2.41. The van der Waals surface area contributed by atoms with Crippen molar-refractivity contribution in [1.82, 2.24) is 10.2 Å². The van der Waals surface area contributed by atoms with Crippen LogP contribution in [0.3, 0.4) is 0 Å². The van der Waals surface area contributed by atoms with Crippen molar-refractivity contribution >= 4 is 17.3 Å². The molecule has 106 valence electrons. The Morgan fingerprint density at radius 1 is 1.47 bits per heavy atom. The summed E-state index contributed by atoms with van der Waals surface area (Å²) >= 11 is 1.36. The molecule has 2 rings (SSSR count). The van der Waals surface area contributed by atoms with E-state index in [4.69, 9.17) is 5.11 Å². The number of carbonyl (C=O) groups is 1. The van der Waals surface area contributed by atoms with Crippen LogP contribution in [0.2, 0.25) is 0 Å². The third-order valence-electron chi connectivity index (χ3n) is 3.92. The average molecular weight is 282 g/mol. The van der Waals surface area contributed by atoms with Gasteiger partial charge in [0.15, 0.2) is 0 Å². The summed E-state index contributed by atoms with van der Waals surface area (Å²) in [5, 5.41) is 12.4. The number of nitrogens with one attached hydrogen (secondary N) is 1. The van der Waals surface area contributed by atoms with Crippen LogP contribution in [-0.4, -0.2) is 42.7 Å². The zero-order chi connectivity index (χ0) is 13.9. The molecule has 0 amide bonds. The van der Waals surface area contributed by atoms with E-state index in [9.17, 15) is 4.79 Å². The molecule has 0 atom stereocenters. The predicted octanol–water partition coefficient (Wildman–Crippen LogP) is 2.27. The summed E-state index contributed by atoms with van der Waals surface area (Å²) in [6.45, 7) is 6.44. The number of nitrogens with zero attached hydrogens (tertiary/aromatic N) is 1. The Hall–Kier alpha value is -0.910. The van der Waals surface area contributed by atoms with Crippen molar-refractivity contribution < 1.29 is 9.90 Å². The quantitative estimate of drug-likeness (QED) is 0.870. The lowest BCUT2D eigenvalue weighted by molar-refractivity contribution is 0.0702. The molecule has 2 heterocycles. The van der Waals surface area contributed by atoms with Gasteiger partial charge in [0.1, 0.15) is 4.88 Å². The molecule has 5 heteroatoms. The van der Waals surface area contributed by atoms with Crippen molar-refractivity contribution in [1.29, 1.82) is 0 Å². The van der Waals surface area contributed by atoms with Gasteiger partial charge in [-0.3, -0.25) is 0 Å². The monoisotopic (exact) mass is 282 g/mol. The van der Waals surface area contributed by atoms with Gasteiger partial charge < -0.3 is 15.3 Å². The summed E-state index contributed by atoms with van der Waals surface area (Å²) in [5.74, 6) is -0.835. The van der Waals surface area contributed by atoms with Gasteiger partial charge in [-0.1, -0.05) is 6.92 Å². The summed E-state index contributed by atoms with van der Waals surface area (Å²) < 4.78 is 0. The minimum atomic E-state index is -0.835. The number of piperidine rings is 1. The molecule has 1 aromatic rings. The number of hydrogen-bond donors (Lipinski definition) is 2. The minimum absolute atomic E-state index is 0.374. The van der Waals surface area contributed by atoms with Crippen molar-refractivity contribution in [3.63, 3.8) is 0 Å². The first-order valence-electron chi connectivity index (χ1n) is 6.70. The Labute approximate surface area is 118 Å². The standard InChI is InChI=1S/C14H22N2O2S/c1-14(5-7-16(2)8-6-14)10-15-9-11-3-4-12(19-11)13(17)18/h3-4,15H,5-10H2,1-2H3,(H,17,18). The van der Waals surface area contributed by atoms with Gasteiger partial charge in [-0.25, -0.2) is 4.79 Å². The number of aromatic carboxylic acids is 1. The highest BCUT2D eigenvalue weighted by Gasteiger charge is 2.28. The van der Waals surface area contributed by atoms with Gasteiger partial charge in [0.2, 0.25) is 0 Å². The van der Waals surface area contributed by atoms with E-state index in [1.165, 1.54) is 37.3 Å². The van der Waals surface area contributed by atoms with Crippen LogP contribution in [0.5, 0.6) is 0 Å². The Morgan fingerprint density at radius 2 is 2.16 bits per heavy atom. The van der Waals surface area contributed by atoms with E-state index in [1.807, 2.05) is 6.07 Å². The van der Waals surface area contributed by atoms with Crippen LogP contribution < -0.4 is 5.32 Å². The van der Waals surface area contributed by atoms with Crippen LogP contribution in [0, 0.1) is 5.41 Å². The second-order valence-corrected chi connectivity index (χ2v) is 6.96. The molecular formula is C14H22N2O2S. The first-order chi connectivity index (χ1) is 8.98. The van der Waals surface area contributed by atoms with Crippen molar-refractivity contribution in [3.05, 3.63) is 21.9 Å². The van der Waals surface area contributed by atoms with E-state index >= 15 is 0 Å². The first-order valence-corrected chi connectivity index (χ1v) is 7.51. The molecule has 1 aliphatic rings. The molecule has 2 N–H and O–H groups in total. The Bertz CT molecular complexity index is 436. The molecule has 19 heavy (non-hydrogen) atoms. The van der Waals surface area contributed by atoms with Crippen molar-refractivity contribution in [2.75, 3.05) is 26.7 Å². The highest BCUT2D eigenvalue weighted by molar-refractivity contribution is 7.13. The summed E-state index contributed by atoms with van der Waals surface area (Å²) in [5.41, 5.74) is 0.374. The maximum absolute atomic E-state index is 10.8. The van der Waals surface area contributed by atoms with Gasteiger partial charge in [-0.2, -0.15) is 0 Å². The molecule has 1 saturated heterocycles. The molecule has 0 saturated carbocycles. The fraction of sp³-hybridized carbons (Fsp3) is 0.643. The number of carboxylic acids is 1. The number of hydrogen-bond acceptors (Lipinski definition) is 4. The van der Waals surface area contributed by atoms with Crippen LogP contribution >= 0.6 is 11.3 Å². The lowest BCUT2D eigenvalue weighted by atomic mass is 9.80. The predicted molar refractivity (Wildman–Crippen MR) is 77.8 cm³/mol. The number of carboxylic acid groups (broad SMARTS) is 1. The van der Waals surface area contributed by atoms with Gasteiger partial charge >= 0.3 is 5.97 Å². The third kappa shape index (κ3) is 4.03. The highest BCUT2D eigenvalue weighted by atomic mass is 32.1. The second-order valence-electron chi connectivity index (χ2n) is 5.79. The summed E-state index contributed by atoms with van der Waals surface area (Å²) in [6.07, 6.45) is 2.45. The smallest absolute Gasteiger partial charge is 0.345 e. The molecule has 0 aromatic carbocycles. The molecule has 1 fully saturated rings. The SMILES string of the molecule is CN1CCC(C)(CNCc2ccc(C(=O)O)s2)CC1. The minimum Gasteiger partial charge on any atom is -0.477 e. The van der Waals surface area contributed by atoms with Crippen LogP contribution in [-0.2, 0) is 6.54 Å². The molecule has 0 spiro atoms. The molecule has 0 aliphatic carbocycles. The average Bonchev–Trinajstić information content (AvgIpc) is 2.82. The number of likely N-dealkylation sites (tertiary alicyclic amines) is 1. The van der Waals surface area contributed by atoms with Gasteiger partial charge in [-0.15, -0.1) is 11.3 Å².